The van der Waals surface area contributed by atoms with Gasteiger partial charge in [0, 0.05) is 7.11 Å². The highest BCUT2D eigenvalue weighted by atomic mass is 16.5. The summed E-state index contributed by atoms with van der Waals surface area (Å²) in [5, 5.41) is 12.2. The Morgan fingerprint density at radius 1 is 1.67 bits per heavy atom. The van der Waals surface area contributed by atoms with Crippen LogP contribution in [0.5, 0.6) is 0 Å². The zero-order valence-corrected chi connectivity index (χ0v) is 8.98. The molecule has 0 aliphatic heterocycles. The first-order valence-corrected chi connectivity index (χ1v) is 4.62. The summed E-state index contributed by atoms with van der Waals surface area (Å²) in [5.41, 5.74) is -0.625. The van der Waals surface area contributed by atoms with Crippen LogP contribution in [0.25, 0.3) is 0 Å². The molecule has 0 saturated heterocycles. The van der Waals surface area contributed by atoms with E-state index in [9.17, 15) is 4.79 Å². The summed E-state index contributed by atoms with van der Waals surface area (Å²) in [5.74, 6) is -0.529. The molecule has 0 aliphatic rings. The van der Waals surface area contributed by atoms with E-state index in [-0.39, 0.29) is 12.3 Å². The van der Waals surface area contributed by atoms with Crippen LogP contribution < -0.4 is 0 Å². The van der Waals surface area contributed by atoms with Crippen LogP contribution in [0.15, 0.2) is 4.52 Å². The highest BCUT2D eigenvalue weighted by molar-refractivity contribution is 5.68. The van der Waals surface area contributed by atoms with Crippen LogP contribution in [0.2, 0.25) is 0 Å². The lowest BCUT2D eigenvalue weighted by Crippen LogP contribution is -2.24. The van der Waals surface area contributed by atoms with Gasteiger partial charge in [-0.15, -0.1) is 0 Å². The van der Waals surface area contributed by atoms with E-state index >= 15 is 0 Å². The highest BCUT2D eigenvalue weighted by Crippen LogP contribution is 2.25. The van der Waals surface area contributed by atoms with Gasteiger partial charge in [0.1, 0.15) is 12.0 Å². The van der Waals surface area contributed by atoms with Crippen molar-refractivity contribution >= 4 is 5.97 Å². The molecule has 1 unspecified atom stereocenters. The first kappa shape index (κ1) is 11.6. The minimum Gasteiger partial charge on any atom is -0.481 e. The maximum atomic E-state index is 10.4. The molecule has 1 aromatic heterocycles. The van der Waals surface area contributed by atoms with Crippen LogP contribution in [-0.4, -0.2) is 28.3 Å². The molecule has 1 heterocycles. The van der Waals surface area contributed by atoms with Gasteiger partial charge >= 0.3 is 5.97 Å². The van der Waals surface area contributed by atoms with Crippen molar-refractivity contribution in [2.75, 3.05) is 7.11 Å². The summed E-state index contributed by atoms with van der Waals surface area (Å²) in [6, 6.07) is 0. The monoisotopic (exact) mass is 214 g/mol. The molecule has 15 heavy (non-hydrogen) atoms. The Morgan fingerprint density at radius 2 is 2.33 bits per heavy atom. The Morgan fingerprint density at radius 3 is 2.80 bits per heavy atom. The average Bonchev–Trinajstić information content (AvgIpc) is 2.64. The van der Waals surface area contributed by atoms with Gasteiger partial charge in [-0.3, -0.25) is 4.79 Å². The first-order chi connectivity index (χ1) is 7.01. The number of rotatable bonds is 5. The van der Waals surface area contributed by atoms with Crippen molar-refractivity contribution in [3.05, 3.63) is 11.7 Å². The van der Waals surface area contributed by atoms with Crippen molar-refractivity contribution < 1.29 is 19.2 Å². The zero-order chi connectivity index (χ0) is 11.5. The lowest BCUT2D eigenvalue weighted by Gasteiger charge is -2.21. The molecule has 6 heteroatoms. The number of methoxy groups -OCH3 is 1. The molecule has 1 aromatic rings. The van der Waals surface area contributed by atoms with Gasteiger partial charge in [-0.05, 0) is 13.3 Å². The van der Waals surface area contributed by atoms with Gasteiger partial charge in [-0.25, -0.2) is 0 Å². The highest BCUT2D eigenvalue weighted by Gasteiger charge is 2.30. The number of nitrogens with zero attached hydrogens (tertiary/aromatic N) is 2. The fourth-order valence-electron chi connectivity index (χ4n) is 1.06. The third-order valence-electron chi connectivity index (χ3n) is 2.37. The molecule has 1 atom stereocenters. The van der Waals surface area contributed by atoms with Crippen LogP contribution in [0, 0.1) is 0 Å². The number of carbonyl (C=O) groups is 1. The van der Waals surface area contributed by atoms with E-state index < -0.39 is 11.6 Å². The van der Waals surface area contributed by atoms with Crippen molar-refractivity contribution in [3.63, 3.8) is 0 Å². The molecule has 0 aliphatic carbocycles. The summed E-state index contributed by atoms with van der Waals surface area (Å²) < 4.78 is 10.1. The number of aliphatic carboxylic acids is 1. The predicted molar refractivity (Wildman–Crippen MR) is 50.3 cm³/mol. The van der Waals surface area contributed by atoms with Crippen molar-refractivity contribution in [2.45, 2.75) is 32.3 Å². The maximum absolute atomic E-state index is 10.4. The van der Waals surface area contributed by atoms with Gasteiger partial charge in [0.2, 0.25) is 11.7 Å². The van der Waals surface area contributed by atoms with Gasteiger partial charge in [-0.1, -0.05) is 12.1 Å². The van der Waals surface area contributed by atoms with Crippen LogP contribution in [0.1, 0.15) is 32.0 Å². The Bertz CT molecular complexity index is 344. The van der Waals surface area contributed by atoms with E-state index in [1.165, 1.54) is 0 Å². The first-order valence-electron chi connectivity index (χ1n) is 4.62. The molecule has 0 bridgehead atoms. The maximum Gasteiger partial charge on any atom is 0.312 e. The minimum atomic E-state index is -0.999. The third-order valence-corrected chi connectivity index (χ3v) is 2.37. The molecule has 0 saturated carbocycles. The van der Waals surface area contributed by atoms with Crippen molar-refractivity contribution in [1.29, 1.82) is 0 Å². The number of aromatic nitrogens is 2. The molecule has 1 rings (SSSR count). The summed E-state index contributed by atoms with van der Waals surface area (Å²) >= 11 is 0. The standard InChI is InChI=1S/C9H14N2O4/c1-4-9(2,14-3)8-10-6(15-11-8)5-7(12)13/h4-5H2,1-3H3,(H,12,13). The molecule has 0 fully saturated rings. The molecule has 0 amide bonds. The topological polar surface area (TPSA) is 85.5 Å². The molecule has 0 aromatic carbocycles. The predicted octanol–water partition coefficient (Wildman–Crippen LogP) is 0.968. The quantitative estimate of drug-likeness (QED) is 0.785. The van der Waals surface area contributed by atoms with Gasteiger partial charge in [0.25, 0.3) is 0 Å². The van der Waals surface area contributed by atoms with Gasteiger partial charge in [-0.2, -0.15) is 4.98 Å². The molecule has 0 radical (unpaired) electrons. The molecule has 0 spiro atoms. The number of hydrogen-bond acceptors (Lipinski definition) is 5. The normalized spacial score (nSPS) is 14.9. The number of ether oxygens (including phenoxy) is 1. The Kier molecular flexibility index (Phi) is 3.41. The third kappa shape index (κ3) is 2.53. The lowest BCUT2D eigenvalue weighted by atomic mass is 10.0. The molecular formula is C9H14N2O4. The number of hydrogen-bond donors (Lipinski definition) is 1. The van der Waals surface area contributed by atoms with Crippen molar-refractivity contribution in [1.82, 2.24) is 10.1 Å². The van der Waals surface area contributed by atoms with E-state index in [1.807, 2.05) is 13.8 Å². The van der Waals surface area contributed by atoms with Crippen molar-refractivity contribution in [2.24, 2.45) is 0 Å². The molecular weight excluding hydrogens is 200 g/mol. The smallest absolute Gasteiger partial charge is 0.312 e. The zero-order valence-electron chi connectivity index (χ0n) is 8.98. The summed E-state index contributed by atoms with van der Waals surface area (Å²) in [4.78, 5) is 14.4. The van der Waals surface area contributed by atoms with E-state index in [0.29, 0.717) is 12.2 Å². The van der Waals surface area contributed by atoms with Crippen LogP contribution in [0.3, 0.4) is 0 Å². The van der Waals surface area contributed by atoms with E-state index in [4.69, 9.17) is 14.4 Å². The van der Waals surface area contributed by atoms with E-state index in [2.05, 4.69) is 10.1 Å². The van der Waals surface area contributed by atoms with Crippen LogP contribution in [0.4, 0.5) is 0 Å². The van der Waals surface area contributed by atoms with E-state index in [1.54, 1.807) is 7.11 Å². The Balaban J connectivity index is 2.87. The molecule has 1 N–H and O–H groups in total. The molecule has 84 valence electrons. The fourth-order valence-corrected chi connectivity index (χ4v) is 1.06. The van der Waals surface area contributed by atoms with Gasteiger partial charge in [0.15, 0.2) is 0 Å². The SMILES string of the molecule is CCC(C)(OC)c1noc(CC(=O)O)n1. The Hall–Kier alpha value is -1.43. The van der Waals surface area contributed by atoms with Crippen molar-refractivity contribution in [3.8, 4) is 0 Å². The summed E-state index contributed by atoms with van der Waals surface area (Å²) in [7, 11) is 1.55. The molecule has 6 nitrogen and oxygen atoms in total. The number of carboxylic acid groups (broad SMARTS) is 1. The summed E-state index contributed by atoms with van der Waals surface area (Å²) in [6.45, 7) is 3.75. The second kappa shape index (κ2) is 4.39. The minimum absolute atomic E-state index is 0.0919. The summed E-state index contributed by atoms with van der Waals surface area (Å²) in [6.07, 6.45) is 0.409. The van der Waals surface area contributed by atoms with E-state index in [0.717, 1.165) is 0 Å². The number of carboxylic acids is 1. The lowest BCUT2D eigenvalue weighted by molar-refractivity contribution is -0.136. The fraction of sp³-hybridized carbons (Fsp3) is 0.667. The van der Waals surface area contributed by atoms with Gasteiger partial charge in [0.05, 0.1) is 0 Å². The largest absolute Gasteiger partial charge is 0.481 e. The Labute approximate surface area is 87.2 Å². The average molecular weight is 214 g/mol. The van der Waals surface area contributed by atoms with Crippen LogP contribution in [-0.2, 0) is 21.6 Å². The van der Waals surface area contributed by atoms with Crippen LogP contribution >= 0.6 is 0 Å². The second-order valence-corrected chi connectivity index (χ2v) is 3.37. The second-order valence-electron chi connectivity index (χ2n) is 3.37. The van der Waals surface area contributed by atoms with Gasteiger partial charge < -0.3 is 14.4 Å².